The van der Waals surface area contributed by atoms with Crippen molar-refractivity contribution < 1.29 is 9.59 Å². The van der Waals surface area contributed by atoms with Crippen molar-refractivity contribution in [3.8, 4) is 0 Å². The van der Waals surface area contributed by atoms with Gasteiger partial charge in [0.15, 0.2) is 0 Å². The Bertz CT molecular complexity index is 829. The predicted octanol–water partition coefficient (Wildman–Crippen LogP) is 2.50. The fourth-order valence-corrected chi connectivity index (χ4v) is 3.46. The van der Waals surface area contributed by atoms with Crippen molar-refractivity contribution in [2.24, 2.45) is 0 Å². The fourth-order valence-electron chi connectivity index (χ4n) is 3.46. The van der Waals surface area contributed by atoms with E-state index < -0.39 is 0 Å². The summed E-state index contributed by atoms with van der Waals surface area (Å²) in [5.74, 6) is -0.108. The third-order valence-corrected chi connectivity index (χ3v) is 5.04. The first-order valence-electron chi connectivity index (χ1n) is 10.1. The van der Waals surface area contributed by atoms with Gasteiger partial charge in [-0.3, -0.25) is 14.5 Å². The number of benzene rings is 1. The van der Waals surface area contributed by atoms with Crippen LogP contribution < -0.4 is 15.5 Å². The molecule has 0 radical (unpaired) electrons. The second kappa shape index (κ2) is 10.0. The molecule has 7 nitrogen and oxygen atoms in total. The summed E-state index contributed by atoms with van der Waals surface area (Å²) in [6, 6.07) is 11.8. The van der Waals surface area contributed by atoms with Gasteiger partial charge in [-0.15, -0.1) is 0 Å². The van der Waals surface area contributed by atoms with Crippen molar-refractivity contribution in [3.05, 3.63) is 53.9 Å². The number of rotatable bonds is 7. The maximum absolute atomic E-state index is 11.8. The third kappa shape index (κ3) is 5.77. The summed E-state index contributed by atoms with van der Waals surface area (Å²) in [5, 5.41) is 5.55. The molecule has 2 aromatic rings. The molecule has 2 N–H and O–H groups in total. The number of pyridine rings is 1. The lowest BCUT2D eigenvalue weighted by Crippen LogP contribution is -2.46. The van der Waals surface area contributed by atoms with Gasteiger partial charge in [-0.05, 0) is 36.2 Å². The highest BCUT2D eigenvalue weighted by Gasteiger charge is 2.18. The van der Waals surface area contributed by atoms with Crippen LogP contribution in [0.1, 0.15) is 35.8 Å². The first-order chi connectivity index (χ1) is 14.1. The van der Waals surface area contributed by atoms with E-state index in [0.29, 0.717) is 12.1 Å². The van der Waals surface area contributed by atoms with Gasteiger partial charge in [0.2, 0.25) is 5.91 Å². The van der Waals surface area contributed by atoms with Crippen molar-refractivity contribution in [1.29, 1.82) is 0 Å². The van der Waals surface area contributed by atoms with Gasteiger partial charge in [0.05, 0.1) is 11.9 Å². The van der Waals surface area contributed by atoms with E-state index >= 15 is 0 Å². The Morgan fingerprint density at radius 3 is 2.55 bits per heavy atom. The van der Waals surface area contributed by atoms with E-state index in [1.807, 2.05) is 25.1 Å². The van der Waals surface area contributed by atoms with E-state index in [1.54, 1.807) is 19.3 Å². The predicted molar refractivity (Wildman–Crippen MR) is 115 cm³/mol. The molecule has 0 aliphatic carbocycles. The number of hydrogen-bond donors (Lipinski definition) is 2. The minimum absolute atomic E-state index is 0.0642. The van der Waals surface area contributed by atoms with Gasteiger partial charge in [0.25, 0.3) is 5.91 Å². The number of nitrogens with zero attached hydrogens (tertiary/aromatic N) is 3. The summed E-state index contributed by atoms with van der Waals surface area (Å²) < 4.78 is 0. The molecule has 1 fully saturated rings. The molecule has 1 aromatic heterocycles. The second-order valence-electron chi connectivity index (χ2n) is 7.24. The molecule has 1 aromatic carbocycles. The zero-order chi connectivity index (χ0) is 20.6. The largest absolute Gasteiger partial charge is 0.368 e. The lowest BCUT2D eigenvalue weighted by molar-refractivity contribution is -0.116. The Balaban J connectivity index is 1.52. The SMILES string of the molecule is CCCC(=O)Nc1cccc(CN2CCN(c3ccc(C(=O)NC)nc3)CC2)c1. The summed E-state index contributed by atoms with van der Waals surface area (Å²) in [6.07, 6.45) is 3.16. The molecule has 0 spiro atoms. The van der Waals surface area contributed by atoms with Crippen LogP contribution in [0.3, 0.4) is 0 Å². The average Bonchev–Trinajstić information content (AvgIpc) is 2.74. The lowest BCUT2D eigenvalue weighted by atomic mass is 10.1. The van der Waals surface area contributed by atoms with Crippen LogP contribution in [0.2, 0.25) is 0 Å². The number of carbonyl (C=O) groups is 2. The highest BCUT2D eigenvalue weighted by molar-refractivity contribution is 5.92. The summed E-state index contributed by atoms with van der Waals surface area (Å²) in [5.41, 5.74) is 3.53. The number of hydrogen-bond acceptors (Lipinski definition) is 5. The normalized spacial score (nSPS) is 14.5. The first-order valence-corrected chi connectivity index (χ1v) is 10.1. The second-order valence-corrected chi connectivity index (χ2v) is 7.24. The van der Waals surface area contributed by atoms with Crippen LogP contribution in [0.5, 0.6) is 0 Å². The van der Waals surface area contributed by atoms with Gasteiger partial charge in [-0.2, -0.15) is 0 Å². The van der Waals surface area contributed by atoms with Crippen molar-refractivity contribution in [2.75, 3.05) is 43.4 Å². The maximum Gasteiger partial charge on any atom is 0.269 e. The Morgan fingerprint density at radius 1 is 1.10 bits per heavy atom. The molecule has 7 heteroatoms. The van der Waals surface area contributed by atoms with E-state index in [9.17, 15) is 9.59 Å². The number of amides is 2. The van der Waals surface area contributed by atoms with Gasteiger partial charge in [0, 0.05) is 51.9 Å². The molecular formula is C22H29N5O2. The summed E-state index contributed by atoms with van der Waals surface area (Å²) in [4.78, 5) is 32.4. The molecule has 0 saturated carbocycles. The molecule has 154 valence electrons. The molecule has 2 amide bonds. The average molecular weight is 396 g/mol. The molecule has 3 rings (SSSR count). The van der Waals surface area contributed by atoms with Crippen LogP contribution in [-0.2, 0) is 11.3 Å². The third-order valence-electron chi connectivity index (χ3n) is 5.04. The van der Waals surface area contributed by atoms with Gasteiger partial charge in [0.1, 0.15) is 5.69 Å². The number of carbonyl (C=O) groups excluding carboxylic acids is 2. The zero-order valence-corrected chi connectivity index (χ0v) is 17.1. The quantitative estimate of drug-likeness (QED) is 0.753. The van der Waals surface area contributed by atoms with E-state index in [1.165, 1.54) is 5.56 Å². The molecule has 0 unspecified atom stereocenters. The van der Waals surface area contributed by atoms with E-state index in [2.05, 4.69) is 37.6 Å². The van der Waals surface area contributed by atoms with Crippen LogP contribution >= 0.6 is 0 Å². The van der Waals surface area contributed by atoms with Gasteiger partial charge in [-0.25, -0.2) is 4.98 Å². The fraction of sp³-hybridized carbons (Fsp3) is 0.409. The topological polar surface area (TPSA) is 77.6 Å². The first kappa shape index (κ1) is 20.8. The van der Waals surface area contributed by atoms with Crippen molar-refractivity contribution in [3.63, 3.8) is 0 Å². The van der Waals surface area contributed by atoms with Crippen molar-refractivity contribution in [1.82, 2.24) is 15.2 Å². The van der Waals surface area contributed by atoms with Crippen LogP contribution in [0, 0.1) is 0 Å². The molecular weight excluding hydrogens is 366 g/mol. The molecule has 2 heterocycles. The molecule has 1 aliphatic heterocycles. The number of nitrogens with one attached hydrogen (secondary N) is 2. The molecule has 0 atom stereocenters. The summed E-state index contributed by atoms with van der Waals surface area (Å²) in [7, 11) is 1.60. The smallest absolute Gasteiger partial charge is 0.269 e. The highest BCUT2D eigenvalue weighted by Crippen LogP contribution is 2.18. The van der Waals surface area contributed by atoms with Gasteiger partial charge in [-0.1, -0.05) is 19.1 Å². The van der Waals surface area contributed by atoms with E-state index in [4.69, 9.17) is 0 Å². The molecule has 0 bridgehead atoms. The highest BCUT2D eigenvalue weighted by atomic mass is 16.2. The minimum Gasteiger partial charge on any atom is -0.368 e. The molecule has 1 saturated heterocycles. The number of piperazine rings is 1. The lowest BCUT2D eigenvalue weighted by Gasteiger charge is -2.36. The monoisotopic (exact) mass is 395 g/mol. The molecule has 29 heavy (non-hydrogen) atoms. The standard InChI is InChI=1S/C22H29N5O2/c1-3-5-21(28)25-18-7-4-6-17(14-18)16-26-10-12-27(13-11-26)19-8-9-20(24-15-19)22(29)23-2/h4,6-9,14-15H,3,5,10-13,16H2,1-2H3,(H,23,29)(H,25,28). The number of anilines is 2. The number of aromatic nitrogens is 1. The summed E-state index contributed by atoms with van der Waals surface area (Å²) >= 11 is 0. The Kier molecular flexibility index (Phi) is 7.19. The van der Waals surface area contributed by atoms with Crippen LogP contribution in [-0.4, -0.2) is 54.9 Å². The van der Waals surface area contributed by atoms with Crippen LogP contribution in [0.4, 0.5) is 11.4 Å². The van der Waals surface area contributed by atoms with E-state index in [-0.39, 0.29) is 11.8 Å². The summed E-state index contributed by atoms with van der Waals surface area (Å²) in [6.45, 7) is 6.58. The minimum atomic E-state index is -0.172. The van der Waals surface area contributed by atoms with Gasteiger partial charge >= 0.3 is 0 Å². The Hall–Kier alpha value is -2.93. The van der Waals surface area contributed by atoms with Crippen LogP contribution in [0.15, 0.2) is 42.6 Å². The maximum atomic E-state index is 11.8. The zero-order valence-electron chi connectivity index (χ0n) is 17.1. The Morgan fingerprint density at radius 2 is 1.90 bits per heavy atom. The van der Waals surface area contributed by atoms with E-state index in [0.717, 1.165) is 50.5 Å². The van der Waals surface area contributed by atoms with Gasteiger partial charge < -0.3 is 15.5 Å². The Labute approximate surface area is 172 Å². The van der Waals surface area contributed by atoms with Crippen molar-refractivity contribution >= 4 is 23.2 Å². The van der Waals surface area contributed by atoms with Crippen molar-refractivity contribution in [2.45, 2.75) is 26.3 Å². The molecule has 1 aliphatic rings. The van der Waals surface area contributed by atoms with Crippen LogP contribution in [0.25, 0.3) is 0 Å².